The quantitative estimate of drug-likeness (QED) is 0.718. The topological polar surface area (TPSA) is 78.3 Å². The molecule has 0 fully saturated rings. The molecule has 0 aromatic carbocycles. The van der Waals surface area contributed by atoms with E-state index in [4.69, 9.17) is 10.5 Å². The maximum atomic E-state index is 6.10. The number of hydrogen-bond donors (Lipinski definition) is 1. The van der Waals surface area contributed by atoms with Crippen LogP contribution in [-0.2, 0) is 11.2 Å². The largest absolute Gasteiger partial charge is 0.384 e. The summed E-state index contributed by atoms with van der Waals surface area (Å²) < 4.78 is 6.88. The molecule has 0 saturated heterocycles. The summed E-state index contributed by atoms with van der Waals surface area (Å²) in [5.41, 5.74) is 7.15. The van der Waals surface area contributed by atoms with E-state index >= 15 is 0 Å². The molecule has 2 N–H and O–H groups in total. The van der Waals surface area contributed by atoms with E-state index < -0.39 is 0 Å². The number of unbranched alkanes of at least 4 members (excludes halogenated alkanes) is 1. The highest BCUT2D eigenvalue weighted by atomic mass is 16.5. The number of nitrogens with two attached hydrogens (primary N) is 1. The molecule has 21 heavy (non-hydrogen) atoms. The Labute approximate surface area is 125 Å². The minimum Gasteiger partial charge on any atom is -0.384 e. The lowest BCUT2D eigenvalue weighted by Gasteiger charge is -2.14. The molecule has 2 aromatic heterocycles. The summed E-state index contributed by atoms with van der Waals surface area (Å²) in [6.45, 7) is 3.09. The summed E-state index contributed by atoms with van der Waals surface area (Å²) in [6, 6.07) is 0. The number of hydrogen-bond acceptors (Lipinski definition) is 5. The molecule has 0 aliphatic carbocycles. The molecular formula is C15H25N5O. The average molecular weight is 291 g/mol. The van der Waals surface area contributed by atoms with Gasteiger partial charge in [-0.1, -0.05) is 19.8 Å². The Bertz CT molecular complexity index is 548. The molecule has 0 aliphatic heterocycles. The lowest BCUT2D eigenvalue weighted by atomic mass is 9.96. The molecule has 0 spiro atoms. The molecule has 0 saturated carbocycles. The number of fused-ring (bicyclic) bond motifs is 1. The van der Waals surface area contributed by atoms with Crippen molar-refractivity contribution in [1.29, 1.82) is 0 Å². The van der Waals surface area contributed by atoms with Crippen molar-refractivity contribution in [2.75, 3.05) is 19.5 Å². The third-order valence-corrected chi connectivity index (χ3v) is 3.83. The Morgan fingerprint density at radius 2 is 2.14 bits per heavy atom. The summed E-state index contributed by atoms with van der Waals surface area (Å²) >= 11 is 0. The van der Waals surface area contributed by atoms with Gasteiger partial charge in [0.15, 0.2) is 0 Å². The highest BCUT2D eigenvalue weighted by Gasteiger charge is 2.09. The molecule has 1 unspecified atom stereocenters. The molecular weight excluding hydrogens is 266 g/mol. The van der Waals surface area contributed by atoms with Crippen molar-refractivity contribution in [2.45, 2.75) is 45.4 Å². The maximum absolute atomic E-state index is 6.10. The van der Waals surface area contributed by atoms with Gasteiger partial charge in [-0.3, -0.25) is 0 Å². The molecule has 6 nitrogen and oxygen atoms in total. The molecule has 6 heteroatoms. The van der Waals surface area contributed by atoms with Gasteiger partial charge in [-0.05, 0) is 31.6 Å². The number of rotatable bonds is 9. The average Bonchev–Trinajstić information content (AvgIpc) is 2.95. The number of aryl methyl sites for hydroxylation is 1. The molecule has 0 radical (unpaired) electrons. The SMILES string of the molecule is CCCC(CCCCc1cnc2ncnn2c1N)COC. The molecule has 2 aromatic rings. The van der Waals surface area contributed by atoms with Crippen LogP contribution in [0.15, 0.2) is 12.5 Å². The van der Waals surface area contributed by atoms with Crippen molar-refractivity contribution in [1.82, 2.24) is 19.6 Å². The number of ether oxygens (including phenoxy) is 1. The van der Waals surface area contributed by atoms with Gasteiger partial charge >= 0.3 is 0 Å². The van der Waals surface area contributed by atoms with Gasteiger partial charge in [-0.25, -0.2) is 4.98 Å². The van der Waals surface area contributed by atoms with Gasteiger partial charge in [-0.15, -0.1) is 0 Å². The third kappa shape index (κ3) is 4.14. The summed E-state index contributed by atoms with van der Waals surface area (Å²) in [6.07, 6.45) is 10.2. The van der Waals surface area contributed by atoms with E-state index in [1.54, 1.807) is 11.6 Å². The first-order valence-electron chi connectivity index (χ1n) is 7.68. The first-order chi connectivity index (χ1) is 10.3. The van der Waals surface area contributed by atoms with Crippen molar-refractivity contribution in [3.63, 3.8) is 0 Å². The normalized spacial score (nSPS) is 12.9. The summed E-state index contributed by atoms with van der Waals surface area (Å²) in [7, 11) is 1.78. The molecule has 2 rings (SSSR count). The van der Waals surface area contributed by atoms with Gasteiger partial charge in [0.2, 0.25) is 0 Å². The number of aromatic nitrogens is 4. The van der Waals surface area contributed by atoms with E-state index in [1.807, 2.05) is 6.20 Å². The smallest absolute Gasteiger partial charge is 0.254 e. The van der Waals surface area contributed by atoms with Crippen molar-refractivity contribution in [3.8, 4) is 0 Å². The Kier molecular flexibility index (Phi) is 5.92. The Balaban J connectivity index is 1.83. The zero-order valence-electron chi connectivity index (χ0n) is 13.0. The molecule has 116 valence electrons. The number of nitrogen functional groups attached to an aromatic ring is 1. The first kappa shape index (κ1) is 15.7. The van der Waals surface area contributed by atoms with Gasteiger partial charge in [-0.2, -0.15) is 14.6 Å². The molecule has 0 bridgehead atoms. The standard InChI is InChI=1S/C15H25N5O/c1-3-6-12(10-21-2)7-4-5-8-13-9-17-15-18-11-19-20(15)14(13)16/h9,11-12H,3-8,10,16H2,1-2H3. The van der Waals surface area contributed by atoms with Gasteiger partial charge in [0, 0.05) is 25.5 Å². The van der Waals surface area contributed by atoms with Crippen molar-refractivity contribution in [2.24, 2.45) is 5.92 Å². The Hall–Kier alpha value is -1.69. The minimum atomic E-state index is 0.555. The fraction of sp³-hybridized carbons (Fsp3) is 0.667. The summed E-state index contributed by atoms with van der Waals surface area (Å²) in [5, 5.41) is 4.09. The highest BCUT2D eigenvalue weighted by molar-refractivity contribution is 5.45. The second-order valence-corrected chi connectivity index (χ2v) is 5.50. The molecule has 0 aliphatic rings. The highest BCUT2D eigenvalue weighted by Crippen LogP contribution is 2.18. The third-order valence-electron chi connectivity index (χ3n) is 3.83. The van der Waals surface area contributed by atoms with E-state index in [1.165, 1.54) is 32.0 Å². The van der Waals surface area contributed by atoms with Gasteiger partial charge < -0.3 is 10.5 Å². The monoisotopic (exact) mass is 291 g/mol. The van der Waals surface area contributed by atoms with Crippen molar-refractivity contribution in [3.05, 3.63) is 18.1 Å². The van der Waals surface area contributed by atoms with Crippen LogP contribution in [0.3, 0.4) is 0 Å². The van der Waals surface area contributed by atoms with E-state index in [0.717, 1.165) is 25.0 Å². The van der Waals surface area contributed by atoms with Gasteiger partial charge in [0.25, 0.3) is 5.78 Å². The molecule has 0 amide bonds. The first-order valence-corrected chi connectivity index (χ1v) is 7.68. The Morgan fingerprint density at radius 1 is 1.29 bits per heavy atom. The van der Waals surface area contributed by atoms with Gasteiger partial charge in [0.05, 0.1) is 0 Å². The number of nitrogens with zero attached hydrogens (tertiary/aromatic N) is 4. The summed E-state index contributed by atoms with van der Waals surface area (Å²) in [4.78, 5) is 8.29. The molecule has 2 heterocycles. The lowest BCUT2D eigenvalue weighted by molar-refractivity contribution is 0.141. The lowest BCUT2D eigenvalue weighted by Crippen LogP contribution is -2.08. The second-order valence-electron chi connectivity index (χ2n) is 5.50. The van der Waals surface area contributed by atoms with E-state index in [-0.39, 0.29) is 0 Å². The zero-order valence-corrected chi connectivity index (χ0v) is 13.0. The van der Waals surface area contributed by atoms with E-state index in [0.29, 0.717) is 17.5 Å². The van der Waals surface area contributed by atoms with Crippen LogP contribution < -0.4 is 5.73 Å². The minimum absolute atomic E-state index is 0.555. The van der Waals surface area contributed by atoms with Crippen molar-refractivity contribution < 1.29 is 4.74 Å². The van der Waals surface area contributed by atoms with Crippen LogP contribution in [0.4, 0.5) is 5.82 Å². The van der Waals surface area contributed by atoms with Crippen molar-refractivity contribution >= 4 is 11.6 Å². The fourth-order valence-electron chi connectivity index (χ4n) is 2.73. The van der Waals surface area contributed by atoms with Crippen LogP contribution in [0.2, 0.25) is 0 Å². The van der Waals surface area contributed by atoms with Crippen LogP contribution in [0.5, 0.6) is 0 Å². The number of anilines is 1. The zero-order chi connectivity index (χ0) is 15.1. The van der Waals surface area contributed by atoms with E-state index in [2.05, 4.69) is 22.0 Å². The van der Waals surface area contributed by atoms with Crippen LogP contribution in [-0.4, -0.2) is 33.3 Å². The summed E-state index contributed by atoms with van der Waals surface area (Å²) in [5.74, 6) is 1.88. The predicted molar refractivity (Wildman–Crippen MR) is 83.0 cm³/mol. The van der Waals surface area contributed by atoms with Crippen LogP contribution in [0.1, 0.15) is 44.6 Å². The maximum Gasteiger partial charge on any atom is 0.254 e. The fourth-order valence-corrected chi connectivity index (χ4v) is 2.73. The van der Waals surface area contributed by atoms with Gasteiger partial charge in [0.1, 0.15) is 12.1 Å². The predicted octanol–water partition coefficient (Wildman–Crippen LogP) is 2.48. The van der Waals surface area contributed by atoms with Crippen LogP contribution >= 0.6 is 0 Å². The van der Waals surface area contributed by atoms with E-state index in [9.17, 15) is 0 Å². The van der Waals surface area contributed by atoms with Crippen LogP contribution in [0, 0.1) is 5.92 Å². The van der Waals surface area contributed by atoms with Crippen LogP contribution in [0.25, 0.3) is 5.78 Å². The number of methoxy groups -OCH3 is 1. The second kappa shape index (κ2) is 7.93. The molecule has 1 atom stereocenters. The Morgan fingerprint density at radius 3 is 2.90 bits per heavy atom.